The highest BCUT2D eigenvalue weighted by Crippen LogP contribution is 2.29. The predicted molar refractivity (Wildman–Crippen MR) is 96.8 cm³/mol. The van der Waals surface area contributed by atoms with Crippen LogP contribution in [0.3, 0.4) is 0 Å². The normalized spacial score (nSPS) is 10.6. The molecule has 2 aromatic carbocycles. The molecule has 10 heteroatoms. The first-order valence-corrected chi connectivity index (χ1v) is 7.73. The lowest BCUT2D eigenvalue weighted by Gasteiger charge is -2.11. The number of esters is 1. The van der Waals surface area contributed by atoms with Crippen molar-refractivity contribution in [3.8, 4) is 11.5 Å². The van der Waals surface area contributed by atoms with E-state index in [9.17, 15) is 13.6 Å². The number of halogens is 3. The summed E-state index contributed by atoms with van der Waals surface area (Å²) in [7, 11) is 1.37. The van der Waals surface area contributed by atoms with Gasteiger partial charge in [0.05, 0.1) is 23.9 Å². The second-order valence-corrected chi connectivity index (χ2v) is 5.63. The highest BCUT2D eigenvalue weighted by molar-refractivity contribution is 7.80. The van der Waals surface area contributed by atoms with E-state index in [0.717, 1.165) is 0 Å². The third kappa shape index (κ3) is 4.87. The summed E-state index contributed by atoms with van der Waals surface area (Å²) in [5.41, 5.74) is 7.90. The summed E-state index contributed by atoms with van der Waals surface area (Å²) in [5, 5.41) is 3.51. The number of nitrogens with two attached hydrogens (primary N) is 1. The molecule has 0 unspecified atom stereocenters. The molecule has 3 N–H and O–H groups in total. The second kappa shape index (κ2) is 8.54. The number of thiocarbonyl (C=S) groups is 1. The average molecular weight is 400 g/mol. The number of hydrazone groups is 1. The highest BCUT2D eigenvalue weighted by atomic mass is 35.5. The van der Waals surface area contributed by atoms with Gasteiger partial charge in [0.1, 0.15) is 0 Å². The van der Waals surface area contributed by atoms with Crippen LogP contribution in [0, 0.1) is 11.6 Å². The van der Waals surface area contributed by atoms with Gasteiger partial charge in [0, 0.05) is 0 Å². The molecular weight excluding hydrogens is 388 g/mol. The number of benzene rings is 2. The molecule has 6 nitrogen and oxygen atoms in total. The molecule has 2 aromatic rings. The molecule has 0 fully saturated rings. The van der Waals surface area contributed by atoms with Crippen LogP contribution in [0.2, 0.25) is 5.02 Å². The van der Waals surface area contributed by atoms with Crippen LogP contribution in [-0.4, -0.2) is 24.4 Å². The Morgan fingerprint density at radius 1 is 1.27 bits per heavy atom. The van der Waals surface area contributed by atoms with Gasteiger partial charge in [-0.15, -0.1) is 0 Å². The second-order valence-electron chi connectivity index (χ2n) is 4.78. The lowest BCUT2D eigenvalue weighted by atomic mass is 10.2. The molecule has 0 aliphatic rings. The van der Waals surface area contributed by atoms with E-state index in [1.165, 1.54) is 25.5 Å². The van der Waals surface area contributed by atoms with Gasteiger partial charge in [0.25, 0.3) is 0 Å². The SMILES string of the molecule is COc1cc(/C=N/NC(N)=S)ccc1OC(=O)c1cc(F)c(F)cc1Cl. The van der Waals surface area contributed by atoms with Crippen molar-refractivity contribution in [3.63, 3.8) is 0 Å². The Bertz CT molecular complexity index is 893. The zero-order valence-corrected chi connectivity index (χ0v) is 14.8. The van der Waals surface area contributed by atoms with Gasteiger partial charge in [-0.2, -0.15) is 5.10 Å². The van der Waals surface area contributed by atoms with E-state index in [-0.39, 0.29) is 27.2 Å². The van der Waals surface area contributed by atoms with Crippen molar-refractivity contribution in [2.45, 2.75) is 0 Å². The van der Waals surface area contributed by atoms with Crippen molar-refractivity contribution in [2.75, 3.05) is 7.11 Å². The molecule has 0 aliphatic heterocycles. The van der Waals surface area contributed by atoms with Gasteiger partial charge in [0.15, 0.2) is 28.2 Å². The minimum absolute atomic E-state index is 0.00201. The molecule has 0 spiro atoms. The van der Waals surface area contributed by atoms with E-state index < -0.39 is 17.6 Å². The Labute approximate surface area is 157 Å². The van der Waals surface area contributed by atoms with Crippen LogP contribution in [-0.2, 0) is 0 Å². The number of rotatable bonds is 5. The number of methoxy groups -OCH3 is 1. The largest absolute Gasteiger partial charge is 0.493 e. The molecule has 0 amide bonds. The van der Waals surface area contributed by atoms with Crippen molar-refractivity contribution >= 4 is 41.1 Å². The van der Waals surface area contributed by atoms with Gasteiger partial charge in [-0.05, 0) is 48.1 Å². The van der Waals surface area contributed by atoms with Crippen LogP contribution in [0.1, 0.15) is 15.9 Å². The third-order valence-electron chi connectivity index (χ3n) is 3.01. The summed E-state index contributed by atoms with van der Waals surface area (Å²) < 4.78 is 36.7. The first-order chi connectivity index (χ1) is 12.3. The minimum atomic E-state index is -1.22. The van der Waals surface area contributed by atoms with Crippen molar-refractivity contribution in [3.05, 3.63) is 58.1 Å². The maximum absolute atomic E-state index is 13.3. The molecule has 0 heterocycles. The van der Waals surface area contributed by atoms with Gasteiger partial charge >= 0.3 is 5.97 Å². The fourth-order valence-corrected chi connectivity index (χ4v) is 2.13. The summed E-state index contributed by atoms with van der Waals surface area (Å²) in [6.07, 6.45) is 1.42. The Kier molecular flexibility index (Phi) is 6.42. The lowest BCUT2D eigenvalue weighted by molar-refractivity contribution is 0.0729. The Morgan fingerprint density at radius 2 is 1.96 bits per heavy atom. The summed E-state index contributed by atoms with van der Waals surface area (Å²) in [5.74, 6) is -3.10. The van der Waals surface area contributed by atoms with Crippen LogP contribution in [0.15, 0.2) is 35.4 Å². The summed E-state index contributed by atoms with van der Waals surface area (Å²) in [4.78, 5) is 12.2. The van der Waals surface area contributed by atoms with Gasteiger partial charge in [-0.3, -0.25) is 5.43 Å². The molecular formula is C16H12ClF2N3O3S. The van der Waals surface area contributed by atoms with E-state index in [2.05, 4.69) is 22.7 Å². The lowest BCUT2D eigenvalue weighted by Crippen LogP contribution is -2.23. The zero-order valence-electron chi connectivity index (χ0n) is 13.3. The molecule has 0 radical (unpaired) electrons. The van der Waals surface area contributed by atoms with Crippen LogP contribution in [0.4, 0.5) is 8.78 Å². The van der Waals surface area contributed by atoms with E-state index in [4.69, 9.17) is 26.8 Å². The molecule has 0 aliphatic carbocycles. The molecule has 26 heavy (non-hydrogen) atoms. The van der Waals surface area contributed by atoms with E-state index >= 15 is 0 Å². The zero-order chi connectivity index (χ0) is 19.3. The first kappa shape index (κ1) is 19.5. The topological polar surface area (TPSA) is 85.9 Å². The smallest absolute Gasteiger partial charge is 0.345 e. The van der Waals surface area contributed by atoms with Crippen LogP contribution in [0.5, 0.6) is 11.5 Å². The van der Waals surface area contributed by atoms with Gasteiger partial charge in [-0.25, -0.2) is 13.6 Å². The Hall–Kier alpha value is -2.78. The minimum Gasteiger partial charge on any atom is -0.493 e. The van der Waals surface area contributed by atoms with Crippen LogP contribution < -0.4 is 20.6 Å². The number of hydrogen-bond acceptors (Lipinski definition) is 5. The average Bonchev–Trinajstić information content (AvgIpc) is 2.58. The molecule has 0 saturated heterocycles. The van der Waals surface area contributed by atoms with E-state index in [1.807, 2.05) is 0 Å². The summed E-state index contributed by atoms with van der Waals surface area (Å²) in [6, 6.07) is 5.89. The number of nitrogens with zero attached hydrogens (tertiary/aromatic N) is 1. The van der Waals surface area contributed by atoms with Crippen LogP contribution >= 0.6 is 23.8 Å². The Morgan fingerprint density at radius 3 is 2.62 bits per heavy atom. The first-order valence-electron chi connectivity index (χ1n) is 6.95. The maximum Gasteiger partial charge on any atom is 0.345 e. The van der Waals surface area contributed by atoms with Gasteiger partial charge < -0.3 is 15.2 Å². The number of carbonyl (C=O) groups is 1. The molecule has 136 valence electrons. The van der Waals surface area contributed by atoms with Crippen molar-refractivity contribution < 1.29 is 23.0 Å². The number of nitrogens with one attached hydrogen (secondary N) is 1. The Balaban J connectivity index is 2.23. The van der Waals surface area contributed by atoms with Crippen molar-refractivity contribution in [1.82, 2.24) is 5.43 Å². The number of carbonyl (C=O) groups excluding carboxylic acids is 1. The number of hydrogen-bond donors (Lipinski definition) is 2. The summed E-state index contributed by atoms with van der Waals surface area (Å²) in [6.45, 7) is 0. The van der Waals surface area contributed by atoms with Crippen molar-refractivity contribution in [2.24, 2.45) is 10.8 Å². The maximum atomic E-state index is 13.3. The monoisotopic (exact) mass is 399 g/mol. The number of ether oxygens (including phenoxy) is 2. The quantitative estimate of drug-likeness (QED) is 0.201. The van der Waals surface area contributed by atoms with Crippen molar-refractivity contribution in [1.29, 1.82) is 0 Å². The summed E-state index contributed by atoms with van der Waals surface area (Å²) >= 11 is 10.4. The third-order valence-corrected chi connectivity index (χ3v) is 3.41. The van der Waals surface area contributed by atoms with E-state index in [1.54, 1.807) is 6.07 Å². The fraction of sp³-hybridized carbons (Fsp3) is 0.0625. The predicted octanol–water partition coefficient (Wildman–Crippen LogP) is 3.01. The molecule has 0 bridgehead atoms. The standard InChI is InChI=1S/C16H12ClF2N3O3S/c1-24-14-4-8(7-21-22-16(20)26)2-3-13(14)25-15(23)9-5-11(18)12(19)6-10(9)17/h2-7H,1H3,(H3,20,22,26)/b21-7+. The highest BCUT2D eigenvalue weighted by Gasteiger charge is 2.18. The molecule has 0 aromatic heterocycles. The molecule has 0 atom stereocenters. The van der Waals surface area contributed by atoms with Gasteiger partial charge in [0.2, 0.25) is 0 Å². The molecule has 2 rings (SSSR count). The van der Waals surface area contributed by atoms with E-state index in [0.29, 0.717) is 17.7 Å². The molecule has 0 saturated carbocycles. The fourth-order valence-electron chi connectivity index (χ4n) is 1.85. The van der Waals surface area contributed by atoms with Crippen LogP contribution in [0.25, 0.3) is 0 Å². The van der Waals surface area contributed by atoms with Gasteiger partial charge in [-0.1, -0.05) is 11.6 Å².